The van der Waals surface area contributed by atoms with E-state index in [9.17, 15) is 9.18 Å². The van der Waals surface area contributed by atoms with Crippen molar-refractivity contribution in [3.05, 3.63) is 58.6 Å². The molecule has 0 saturated carbocycles. The molecule has 0 bridgehead atoms. The van der Waals surface area contributed by atoms with Crippen LogP contribution < -0.4 is 4.74 Å². The monoisotopic (exact) mass is 295 g/mol. The lowest BCUT2D eigenvalue weighted by atomic mass is 10.1. The molecule has 0 unspecified atom stereocenters. The van der Waals surface area contributed by atoms with Crippen molar-refractivity contribution in [1.82, 2.24) is 4.98 Å². The third-order valence-electron chi connectivity index (χ3n) is 2.52. The van der Waals surface area contributed by atoms with E-state index in [0.29, 0.717) is 16.3 Å². The molecule has 2 rings (SSSR count). The summed E-state index contributed by atoms with van der Waals surface area (Å²) in [4.78, 5) is 15.1. The second-order valence-electron chi connectivity index (χ2n) is 3.93. The van der Waals surface area contributed by atoms with Crippen molar-refractivity contribution < 1.29 is 18.7 Å². The van der Waals surface area contributed by atoms with E-state index in [0.717, 1.165) is 0 Å². The fraction of sp³-hybridized carbons (Fsp3) is 0.143. The van der Waals surface area contributed by atoms with E-state index in [1.165, 1.54) is 31.6 Å². The standard InChI is InChI=1S/C14H11ClFNO3/c1-19-14(18)12-3-2-9(4-13(12)16)8-20-11-5-10(15)6-17-7-11/h2-7H,8H2,1H3. The quantitative estimate of drug-likeness (QED) is 0.813. The van der Waals surface area contributed by atoms with Gasteiger partial charge in [-0.1, -0.05) is 17.7 Å². The molecule has 0 aliphatic heterocycles. The molecule has 0 radical (unpaired) electrons. The molecule has 2 aromatic rings. The van der Waals surface area contributed by atoms with Crippen molar-refractivity contribution in [2.75, 3.05) is 7.11 Å². The van der Waals surface area contributed by atoms with Gasteiger partial charge in [0.25, 0.3) is 0 Å². The van der Waals surface area contributed by atoms with Crippen LogP contribution in [0.3, 0.4) is 0 Å². The topological polar surface area (TPSA) is 48.4 Å². The summed E-state index contributed by atoms with van der Waals surface area (Å²) in [6.45, 7) is 0.139. The Labute approximate surface area is 120 Å². The molecule has 6 heteroatoms. The molecule has 104 valence electrons. The van der Waals surface area contributed by atoms with E-state index in [1.807, 2.05) is 0 Å². The predicted octanol–water partition coefficient (Wildman–Crippen LogP) is 3.24. The van der Waals surface area contributed by atoms with Crippen LogP contribution in [-0.4, -0.2) is 18.1 Å². The van der Waals surface area contributed by atoms with E-state index in [2.05, 4.69) is 9.72 Å². The zero-order valence-electron chi connectivity index (χ0n) is 10.6. The number of benzene rings is 1. The van der Waals surface area contributed by atoms with Crippen LogP contribution in [0.1, 0.15) is 15.9 Å². The van der Waals surface area contributed by atoms with Crippen LogP contribution in [0.25, 0.3) is 0 Å². The first-order chi connectivity index (χ1) is 9.60. The zero-order chi connectivity index (χ0) is 14.5. The highest BCUT2D eigenvalue weighted by Gasteiger charge is 2.12. The molecular weight excluding hydrogens is 285 g/mol. The lowest BCUT2D eigenvalue weighted by Gasteiger charge is -2.07. The molecule has 4 nitrogen and oxygen atoms in total. The summed E-state index contributed by atoms with van der Waals surface area (Å²) in [6, 6.07) is 5.78. The second kappa shape index (κ2) is 6.34. The van der Waals surface area contributed by atoms with Gasteiger partial charge in [0.05, 0.1) is 23.9 Å². The Morgan fingerprint density at radius 2 is 2.15 bits per heavy atom. The maximum absolute atomic E-state index is 13.7. The summed E-state index contributed by atoms with van der Waals surface area (Å²) in [5.74, 6) is -0.883. The fourth-order valence-electron chi connectivity index (χ4n) is 1.56. The van der Waals surface area contributed by atoms with Gasteiger partial charge >= 0.3 is 5.97 Å². The molecule has 20 heavy (non-hydrogen) atoms. The fourth-order valence-corrected chi connectivity index (χ4v) is 1.73. The Hall–Kier alpha value is -2.14. The van der Waals surface area contributed by atoms with E-state index < -0.39 is 11.8 Å². The predicted molar refractivity (Wildman–Crippen MR) is 71.3 cm³/mol. The highest BCUT2D eigenvalue weighted by Crippen LogP contribution is 2.18. The van der Waals surface area contributed by atoms with Crippen molar-refractivity contribution in [2.45, 2.75) is 6.61 Å². The Morgan fingerprint density at radius 1 is 1.35 bits per heavy atom. The zero-order valence-corrected chi connectivity index (χ0v) is 11.4. The lowest BCUT2D eigenvalue weighted by Crippen LogP contribution is -2.05. The molecule has 1 aromatic heterocycles. The van der Waals surface area contributed by atoms with Crippen LogP contribution in [-0.2, 0) is 11.3 Å². The van der Waals surface area contributed by atoms with Crippen molar-refractivity contribution in [2.24, 2.45) is 0 Å². The van der Waals surface area contributed by atoms with E-state index >= 15 is 0 Å². The van der Waals surface area contributed by atoms with Crippen LogP contribution in [0.15, 0.2) is 36.7 Å². The maximum atomic E-state index is 13.7. The number of aromatic nitrogens is 1. The van der Waals surface area contributed by atoms with Gasteiger partial charge in [-0.25, -0.2) is 9.18 Å². The van der Waals surface area contributed by atoms with Gasteiger partial charge in [0.15, 0.2) is 0 Å². The number of carbonyl (C=O) groups is 1. The highest BCUT2D eigenvalue weighted by molar-refractivity contribution is 6.30. The number of methoxy groups -OCH3 is 1. The highest BCUT2D eigenvalue weighted by atomic mass is 35.5. The Balaban J connectivity index is 2.07. The minimum Gasteiger partial charge on any atom is -0.487 e. The molecule has 0 fully saturated rings. The molecule has 0 spiro atoms. The van der Waals surface area contributed by atoms with Crippen molar-refractivity contribution in [3.63, 3.8) is 0 Å². The molecule has 0 aliphatic rings. The first kappa shape index (κ1) is 14.3. The van der Waals surface area contributed by atoms with Gasteiger partial charge in [-0.15, -0.1) is 0 Å². The van der Waals surface area contributed by atoms with Gasteiger partial charge < -0.3 is 9.47 Å². The summed E-state index contributed by atoms with van der Waals surface area (Å²) >= 11 is 5.77. The van der Waals surface area contributed by atoms with Crippen LogP contribution in [0.4, 0.5) is 4.39 Å². The van der Waals surface area contributed by atoms with Crippen molar-refractivity contribution >= 4 is 17.6 Å². The van der Waals surface area contributed by atoms with Crippen LogP contribution in [0.5, 0.6) is 5.75 Å². The number of hydrogen-bond acceptors (Lipinski definition) is 4. The summed E-state index contributed by atoms with van der Waals surface area (Å²) < 4.78 is 23.6. The Bertz CT molecular complexity index is 634. The third-order valence-corrected chi connectivity index (χ3v) is 2.73. The van der Waals surface area contributed by atoms with Crippen molar-refractivity contribution in [3.8, 4) is 5.75 Å². The first-order valence-electron chi connectivity index (χ1n) is 5.70. The number of nitrogens with zero attached hydrogens (tertiary/aromatic N) is 1. The van der Waals surface area contributed by atoms with Gasteiger partial charge in [-0.05, 0) is 17.7 Å². The number of esters is 1. The Morgan fingerprint density at radius 3 is 2.80 bits per heavy atom. The van der Waals surface area contributed by atoms with Gasteiger partial charge in [-0.2, -0.15) is 0 Å². The van der Waals surface area contributed by atoms with Crippen LogP contribution >= 0.6 is 11.6 Å². The lowest BCUT2D eigenvalue weighted by molar-refractivity contribution is 0.0595. The average molecular weight is 296 g/mol. The molecule has 1 heterocycles. The summed E-state index contributed by atoms with van der Waals surface area (Å²) in [6.07, 6.45) is 2.99. The first-order valence-corrected chi connectivity index (χ1v) is 6.08. The Kier molecular flexibility index (Phi) is 4.53. The maximum Gasteiger partial charge on any atom is 0.340 e. The number of carbonyl (C=O) groups excluding carboxylic acids is 1. The molecular formula is C14H11ClFNO3. The van der Waals surface area contributed by atoms with E-state index in [4.69, 9.17) is 16.3 Å². The van der Waals surface area contributed by atoms with Crippen molar-refractivity contribution in [1.29, 1.82) is 0 Å². The molecule has 0 N–H and O–H groups in total. The second-order valence-corrected chi connectivity index (χ2v) is 4.37. The summed E-state index contributed by atoms with van der Waals surface area (Å²) in [7, 11) is 1.20. The van der Waals surface area contributed by atoms with Gasteiger partial charge in [-0.3, -0.25) is 4.98 Å². The largest absolute Gasteiger partial charge is 0.487 e. The van der Waals surface area contributed by atoms with Gasteiger partial charge in [0, 0.05) is 12.3 Å². The summed E-state index contributed by atoms with van der Waals surface area (Å²) in [5, 5.41) is 0.453. The number of ether oxygens (including phenoxy) is 2. The minimum absolute atomic E-state index is 0.110. The number of pyridine rings is 1. The average Bonchev–Trinajstić information content (AvgIpc) is 2.44. The molecule has 0 saturated heterocycles. The number of hydrogen-bond donors (Lipinski definition) is 0. The number of halogens is 2. The molecule has 1 aromatic carbocycles. The number of rotatable bonds is 4. The summed E-state index contributed by atoms with van der Waals surface area (Å²) in [5.41, 5.74) is 0.468. The third kappa shape index (κ3) is 3.45. The molecule has 0 aliphatic carbocycles. The normalized spacial score (nSPS) is 10.2. The molecule has 0 atom stereocenters. The minimum atomic E-state index is -0.714. The van der Waals surface area contributed by atoms with E-state index in [-0.39, 0.29) is 12.2 Å². The molecule has 0 amide bonds. The van der Waals surface area contributed by atoms with Gasteiger partial charge in [0.2, 0.25) is 0 Å². The van der Waals surface area contributed by atoms with E-state index in [1.54, 1.807) is 12.1 Å². The van der Waals surface area contributed by atoms with Crippen LogP contribution in [0.2, 0.25) is 5.02 Å². The SMILES string of the molecule is COC(=O)c1ccc(COc2cncc(Cl)c2)cc1F. The smallest absolute Gasteiger partial charge is 0.340 e. The van der Waals surface area contributed by atoms with Crippen LogP contribution in [0, 0.1) is 5.82 Å². The van der Waals surface area contributed by atoms with Gasteiger partial charge in [0.1, 0.15) is 18.2 Å².